The minimum Gasteiger partial charge on any atom is -0.401 e. The number of hydrogen-bond acceptors (Lipinski definition) is 5. The van der Waals surface area contributed by atoms with Gasteiger partial charge in [-0.25, -0.2) is 5.84 Å². The summed E-state index contributed by atoms with van der Waals surface area (Å²) in [5, 5.41) is 1.41. The number of rotatable bonds is 5. The molecule has 130 valence electrons. The van der Waals surface area contributed by atoms with E-state index in [9.17, 15) is 9.59 Å². The minimum absolute atomic E-state index is 0.166. The van der Waals surface area contributed by atoms with Gasteiger partial charge in [-0.3, -0.25) is 9.59 Å². The molecular formula is C16H29N5O2. The van der Waals surface area contributed by atoms with Gasteiger partial charge in [-0.15, -0.1) is 0 Å². The van der Waals surface area contributed by atoms with E-state index in [1.54, 1.807) is 11.1 Å². The Labute approximate surface area is 137 Å². The van der Waals surface area contributed by atoms with Gasteiger partial charge < -0.3 is 21.4 Å². The lowest BCUT2D eigenvalue weighted by Crippen LogP contribution is -2.58. The number of nitrogens with zero attached hydrogens (tertiary/aromatic N) is 2. The quantitative estimate of drug-likeness (QED) is 0.495. The van der Waals surface area contributed by atoms with Crippen LogP contribution in [0.2, 0.25) is 0 Å². The van der Waals surface area contributed by atoms with Gasteiger partial charge in [0.05, 0.1) is 0 Å². The molecule has 2 atom stereocenters. The van der Waals surface area contributed by atoms with E-state index in [4.69, 9.17) is 17.3 Å². The van der Waals surface area contributed by atoms with Gasteiger partial charge in [0.25, 0.3) is 0 Å². The smallest absolute Gasteiger partial charge is 0.248 e. The van der Waals surface area contributed by atoms with Crippen LogP contribution in [0.4, 0.5) is 0 Å². The molecule has 0 bridgehead atoms. The second-order valence-electron chi connectivity index (χ2n) is 7.71. The highest BCUT2D eigenvalue weighted by Crippen LogP contribution is 2.34. The molecule has 1 saturated heterocycles. The number of amides is 2. The molecule has 6 N–H and O–H groups in total. The Balaban J connectivity index is 2.22. The van der Waals surface area contributed by atoms with E-state index in [0.29, 0.717) is 24.6 Å². The Bertz CT molecular complexity index is 507. The molecule has 0 spiro atoms. The van der Waals surface area contributed by atoms with Crippen molar-refractivity contribution in [3.05, 3.63) is 11.9 Å². The van der Waals surface area contributed by atoms with Gasteiger partial charge in [-0.1, -0.05) is 20.8 Å². The highest BCUT2D eigenvalue weighted by molar-refractivity contribution is 5.90. The molecule has 1 aliphatic carbocycles. The fraction of sp³-hybridized carbons (Fsp3) is 0.750. The van der Waals surface area contributed by atoms with Crippen LogP contribution >= 0.6 is 0 Å². The summed E-state index contributed by atoms with van der Waals surface area (Å²) in [5.41, 5.74) is 11.8. The van der Waals surface area contributed by atoms with Crippen molar-refractivity contribution in [2.24, 2.45) is 28.6 Å². The normalized spacial score (nSPS) is 23.7. The molecule has 23 heavy (non-hydrogen) atoms. The Hall–Kier alpha value is -1.76. The van der Waals surface area contributed by atoms with Crippen molar-refractivity contribution < 1.29 is 9.59 Å². The van der Waals surface area contributed by atoms with Crippen molar-refractivity contribution in [1.82, 2.24) is 9.91 Å². The molecule has 1 saturated carbocycles. The topological polar surface area (TPSA) is 119 Å². The lowest BCUT2D eigenvalue weighted by atomic mass is 9.85. The maximum atomic E-state index is 13.0. The van der Waals surface area contributed by atoms with Gasteiger partial charge in [-0.2, -0.15) is 0 Å². The van der Waals surface area contributed by atoms with Gasteiger partial charge in [-0.05, 0) is 31.1 Å². The van der Waals surface area contributed by atoms with Crippen molar-refractivity contribution in [3.8, 4) is 0 Å². The summed E-state index contributed by atoms with van der Waals surface area (Å²) < 4.78 is 0. The standard InChI is InChI=1S/C16H29N5O2/c1-16(2,3)13(21(19)9-11(17)10-6-7-10)15(23)20-8-4-5-12(20)14(18)22/h9-10,12-13H,4-8,17,19H2,1-3H3,(H2,18,22)/b11-9-. The minimum atomic E-state index is -0.597. The van der Waals surface area contributed by atoms with Crippen LogP contribution in [0, 0.1) is 11.3 Å². The van der Waals surface area contributed by atoms with Gasteiger partial charge in [0.15, 0.2) is 0 Å². The van der Waals surface area contributed by atoms with Crippen molar-refractivity contribution >= 4 is 11.8 Å². The second kappa shape index (κ2) is 6.39. The average molecular weight is 323 g/mol. The SMILES string of the molecule is CC(C)(C)C(C(=O)N1CCCC1C(N)=O)N(N)/C=C(\N)C1CC1. The number of carbonyl (C=O) groups is 2. The van der Waals surface area contributed by atoms with E-state index < -0.39 is 23.4 Å². The Morgan fingerprint density at radius 1 is 1.22 bits per heavy atom. The van der Waals surface area contributed by atoms with Crippen LogP contribution in [0.5, 0.6) is 0 Å². The molecule has 2 unspecified atom stereocenters. The number of carbonyl (C=O) groups excluding carboxylic acids is 2. The first-order chi connectivity index (χ1) is 10.6. The number of primary amides is 1. The maximum Gasteiger partial charge on any atom is 0.248 e. The summed E-state index contributed by atoms with van der Waals surface area (Å²) in [7, 11) is 0. The summed E-state index contributed by atoms with van der Waals surface area (Å²) in [6.45, 7) is 6.39. The summed E-state index contributed by atoms with van der Waals surface area (Å²) in [6, 6.07) is -1.13. The fourth-order valence-corrected chi connectivity index (χ4v) is 3.20. The maximum absolute atomic E-state index is 13.0. The fourth-order valence-electron chi connectivity index (χ4n) is 3.20. The zero-order valence-electron chi connectivity index (χ0n) is 14.3. The van der Waals surface area contributed by atoms with E-state index in [2.05, 4.69) is 0 Å². The van der Waals surface area contributed by atoms with Gasteiger partial charge >= 0.3 is 0 Å². The van der Waals surface area contributed by atoms with E-state index in [1.807, 2.05) is 20.8 Å². The highest BCUT2D eigenvalue weighted by Gasteiger charge is 2.42. The first-order valence-electron chi connectivity index (χ1n) is 8.23. The van der Waals surface area contributed by atoms with Crippen LogP contribution in [0.25, 0.3) is 0 Å². The molecule has 0 radical (unpaired) electrons. The molecule has 7 heteroatoms. The predicted octanol–water partition coefficient (Wildman–Crippen LogP) is 0.263. The summed E-state index contributed by atoms with van der Waals surface area (Å²) in [4.78, 5) is 26.2. The van der Waals surface area contributed by atoms with Crippen LogP contribution in [0.3, 0.4) is 0 Å². The lowest BCUT2D eigenvalue weighted by Gasteiger charge is -2.39. The van der Waals surface area contributed by atoms with E-state index in [1.165, 1.54) is 5.01 Å². The van der Waals surface area contributed by atoms with Crippen molar-refractivity contribution in [3.63, 3.8) is 0 Å². The molecule has 1 heterocycles. The molecular weight excluding hydrogens is 294 g/mol. The van der Waals surface area contributed by atoms with E-state index in [0.717, 1.165) is 19.3 Å². The third-order valence-electron chi connectivity index (χ3n) is 4.56. The Kier molecular flexibility index (Phi) is 4.89. The van der Waals surface area contributed by atoms with Crippen LogP contribution in [0.15, 0.2) is 11.9 Å². The second-order valence-corrected chi connectivity index (χ2v) is 7.71. The summed E-state index contributed by atoms with van der Waals surface area (Å²) in [6.07, 6.45) is 5.20. The average Bonchev–Trinajstić information content (AvgIpc) is 3.13. The largest absolute Gasteiger partial charge is 0.401 e. The molecule has 0 aromatic rings. The molecule has 1 aliphatic heterocycles. The first kappa shape index (κ1) is 17.6. The lowest BCUT2D eigenvalue weighted by molar-refractivity contribution is -0.144. The van der Waals surface area contributed by atoms with Crippen LogP contribution in [0.1, 0.15) is 46.5 Å². The third-order valence-corrected chi connectivity index (χ3v) is 4.56. The van der Waals surface area contributed by atoms with Crippen molar-refractivity contribution in [2.45, 2.75) is 58.5 Å². The monoisotopic (exact) mass is 323 g/mol. The zero-order chi connectivity index (χ0) is 17.4. The number of hydrogen-bond donors (Lipinski definition) is 3. The third kappa shape index (κ3) is 3.96. The summed E-state index contributed by atoms with van der Waals surface area (Å²) >= 11 is 0. The van der Waals surface area contributed by atoms with Crippen molar-refractivity contribution in [2.75, 3.05) is 6.54 Å². The molecule has 2 aliphatic rings. The molecule has 2 fully saturated rings. The number of allylic oxidation sites excluding steroid dienone is 1. The number of hydrazine groups is 1. The van der Waals surface area contributed by atoms with Gasteiger partial charge in [0, 0.05) is 24.4 Å². The number of nitrogens with two attached hydrogens (primary N) is 3. The zero-order valence-corrected chi connectivity index (χ0v) is 14.3. The Morgan fingerprint density at radius 2 is 1.83 bits per heavy atom. The molecule has 0 aromatic carbocycles. The molecule has 7 nitrogen and oxygen atoms in total. The number of likely N-dealkylation sites (tertiary alicyclic amines) is 1. The highest BCUT2D eigenvalue weighted by atomic mass is 16.2. The van der Waals surface area contributed by atoms with Gasteiger partial charge in [0.1, 0.15) is 12.1 Å². The molecule has 2 rings (SSSR count). The van der Waals surface area contributed by atoms with E-state index in [-0.39, 0.29) is 5.91 Å². The van der Waals surface area contributed by atoms with Gasteiger partial charge in [0.2, 0.25) is 11.8 Å². The first-order valence-corrected chi connectivity index (χ1v) is 8.23. The molecule has 2 amide bonds. The predicted molar refractivity (Wildman–Crippen MR) is 88.2 cm³/mol. The molecule has 0 aromatic heterocycles. The summed E-state index contributed by atoms with van der Waals surface area (Å²) in [5.74, 6) is 5.93. The van der Waals surface area contributed by atoms with Crippen LogP contribution < -0.4 is 17.3 Å². The van der Waals surface area contributed by atoms with Crippen molar-refractivity contribution in [1.29, 1.82) is 0 Å². The Morgan fingerprint density at radius 3 is 2.30 bits per heavy atom. The van der Waals surface area contributed by atoms with E-state index >= 15 is 0 Å². The van der Waals surface area contributed by atoms with Crippen LogP contribution in [-0.4, -0.2) is 40.4 Å². The van der Waals surface area contributed by atoms with Crippen LogP contribution in [-0.2, 0) is 9.59 Å².